The first-order chi connectivity index (χ1) is 16.3. The monoisotopic (exact) mass is 555 g/mol. The van der Waals surface area contributed by atoms with Crippen LogP contribution < -0.4 is 4.74 Å². The highest BCUT2D eigenvalue weighted by Gasteiger charge is 2.39. The molecule has 1 aliphatic carbocycles. The lowest BCUT2D eigenvalue weighted by Gasteiger charge is -2.44. The number of fused-ring (bicyclic) bond motifs is 1. The van der Waals surface area contributed by atoms with Gasteiger partial charge in [-0.3, -0.25) is 9.69 Å². The molecule has 9 heteroatoms. The van der Waals surface area contributed by atoms with Gasteiger partial charge in [-0.05, 0) is 80.3 Å². The number of nitrogens with zero attached hydrogens (tertiary/aromatic N) is 3. The highest BCUT2D eigenvalue weighted by atomic mass is 35.5. The summed E-state index contributed by atoms with van der Waals surface area (Å²) in [6.45, 7) is 2.15. The highest BCUT2D eigenvalue weighted by Crippen LogP contribution is 2.41. The van der Waals surface area contributed by atoms with Crippen LogP contribution in [-0.4, -0.2) is 66.1 Å². The molecule has 0 spiro atoms. The van der Waals surface area contributed by atoms with E-state index in [1.54, 1.807) is 17.0 Å². The van der Waals surface area contributed by atoms with E-state index in [0.29, 0.717) is 15.2 Å². The van der Waals surface area contributed by atoms with Crippen molar-refractivity contribution >= 4 is 58.9 Å². The van der Waals surface area contributed by atoms with Gasteiger partial charge in [0.2, 0.25) is 5.91 Å². The standard InChI is InChI=1S/C26H31Cl2N3O2S.ClH/c1-29(2)26(34)33-23-8-6-7-19-18(23)10-12-22(31-13-4-5-14-31)25(19)30(3)24(32)16-17-9-11-20(27)21(28)15-17;/h6-9,11,15,22,25H,4-5,10,12-14,16H2,1-3H3;1H/t22-,25-;/m1./s1. The van der Waals surface area contributed by atoms with E-state index < -0.39 is 0 Å². The summed E-state index contributed by atoms with van der Waals surface area (Å²) in [6, 6.07) is 11.7. The number of hydrogen-bond donors (Lipinski definition) is 0. The number of thiocarbonyl (C=S) groups is 1. The summed E-state index contributed by atoms with van der Waals surface area (Å²) in [5, 5.41) is 1.38. The van der Waals surface area contributed by atoms with Crippen molar-refractivity contribution in [2.45, 2.75) is 44.2 Å². The molecule has 0 saturated carbocycles. The van der Waals surface area contributed by atoms with Gasteiger partial charge in [-0.25, -0.2) is 0 Å². The lowest BCUT2D eigenvalue weighted by Crippen LogP contribution is -2.48. The molecule has 1 fully saturated rings. The van der Waals surface area contributed by atoms with Crippen LogP contribution in [0, 0.1) is 0 Å². The van der Waals surface area contributed by atoms with Gasteiger partial charge in [-0.2, -0.15) is 0 Å². The van der Waals surface area contributed by atoms with Crippen molar-refractivity contribution in [3.63, 3.8) is 0 Å². The van der Waals surface area contributed by atoms with Gasteiger partial charge in [0.25, 0.3) is 5.17 Å². The van der Waals surface area contributed by atoms with E-state index in [9.17, 15) is 4.79 Å². The number of halogens is 3. The van der Waals surface area contributed by atoms with Crippen molar-refractivity contribution in [1.82, 2.24) is 14.7 Å². The Morgan fingerprint density at radius 3 is 2.49 bits per heavy atom. The Hall–Kier alpha value is -1.57. The number of benzene rings is 2. The summed E-state index contributed by atoms with van der Waals surface area (Å²) in [4.78, 5) is 19.8. The van der Waals surface area contributed by atoms with Crippen LogP contribution in [0.4, 0.5) is 0 Å². The van der Waals surface area contributed by atoms with E-state index in [4.69, 9.17) is 40.2 Å². The number of carbonyl (C=O) groups is 1. The Labute approximate surface area is 229 Å². The van der Waals surface area contributed by atoms with Crippen LogP contribution in [0.5, 0.6) is 5.75 Å². The summed E-state index contributed by atoms with van der Waals surface area (Å²) < 4.78 is 6.06. The maximum Gasteiger partial charge on any atom is 0.264 e. The summed E-state index contributed by atoms with van der Waals surface area (Å²) >= 11 is 17.7. The number of rotatable bonds is 5. The summed E-state index contributed by atoms with van der Waals surface area (Å²) in [5.74, 6) is 0.835. The molecule has 0 bridgehead atoms. The average Bonchev–Trinajstić information content (AvgIpc) is 3.35. The Morgan fingerprint density at radius 1 is 1.11 bits per heavy atom. The third-order valence-corrected chi connectivity index (χ3v) is 8.05. The molecule has 1 heterocycles. The molecule has 1 saturated heterocycles. The van der Waals surface area contributed by atoms with Gasteiger partial charge in [0, 0.05) is 32.7 Å². The fourth-order valence-electron chi connectivity index (χ4n) is 5.09. The van der Waals surface area contributed by atoms with Crippen LogP contribution in [0.2, 0.25) is 10.0 Å². The molecule has 0 aromatic heterocycles. The molecule has 2 atom stereocenters. The number of carbonyl (C=O) groups excluding carboxylic acids is 1. The van der Waals surface area contributed by atoms with Crippen LogP contribution >= 0.6 is 47.8 Å². The second kappa shape index (κ2) is 12.1. The van der Waals surface area contributed by atoms with Crippen LogP contribution in [0.3, 0.4) is 0 Å². The molecular formula is C26H32Cl3N3O2S. The van der Waals surface area contributed by atoms with Gasteiger partial charge in [-0.15, -0.1) is 12.4 Å². The van der Waals surface area contributed by atoms with Crippen molar-refractivity contribution in [2.75, 3.05) is 34.2 Å². The second-order valence-corrected chi connectivity index (χ2v) is 10.5. The Morgan fingerprint density at radius 2 is 1.83 bits per heavy atom. The van der Waals surface area contributed by atoms with Gasteiger partial charge in [0.05, 0.1) is 22.5 Å². The lowest BCUT2D eigenvalue weighted by molar-refractivity contribution is -0.133. The fraction of sp³-hybridized carbons (Fsp3) is 0.462. The maximum atomic E-state index is 13.5. The number of ether oxygens (including phenoxy) is 1. The van der Waals surface area contributed by atoms with Crippen LogP contribution in [0.1, 0.15) is 42.0 Å². The molecular weight excluding hydrogens is 525 g/mol. The van der Waals surface area contributed by atoms with E-state index in [-0.39, 0.29) is 36.8 Å². The van der Waals surface area contributed by atoms with Crippen LogP contribution in [0.25, 0.3) is 0 Å². The van der Waals surface area contributed by atoms with Gasteiger partial charge in [0.15, 0.2) is 0 Å². The zero-order valence-electron chi connectivity index (χ0n) is 20.3. The smallest absolute Gasteiger partial charge is 0.264 e. The maximum absolute atomic E-state index is 13.5. The fourth-order valence-corrected chi connectivity index (χ4v) is 5.50. The first-order valence-electron chi connectivity index (χ1n) is 11.7. The summed E-state index contributed by atoms with van der Waals surface area (Å²) in [7, 11) is 5.67. The molecule has 4 rings (SSSR count). The first-order valence-corrected chi connectivity index (χ1v) is 12.9. The van der Waals surface area contributed by atoms with Gasteiger partial charge in [0.1, 0.15) is 5.75 Å². The largest absolute Gasteiger partial charge is 0.431 e. The van der Waals surface area contributed by atoms with E-state index in [0.717, 1.165) is 48.4 Å². The Bertz CT molecular complexity index is 1080. The number of likely N-dealkylation sites (tertiary alicyclic amines) is 1. The van der Waals surface area contributed by atoms with Crippen molar-refractivity contribution < 1.29 is 9.53 Å². The third kappa shape index (κ3) is 6.23. The van der Waals surface area contributed by atoms with E-state index in [2.05, 4.69) is 11.0 Å². The highest BCUT2D eigenvalue weighted by molar-refractivity contribution is 7.80. The van der Waals surface area contributed by atoms with Gasteiger partial charge in [-0.1, -0.05) is 41.4 Å². The molecule has 2 aliphatic rings. The first kappa shape index (κ1) is 28.0. The predicted molar refractivity (Wildman–Crippen MR) is 149 cm³/mol. The zero-order valence-corrected chi connectivity index (χ0v) is 23.4. The average molecular weight is 557 g/mol. The zero-order chi connectivity index (χ0) is 24.4. The predicted octanol–water partition coefficient (Wildman–Crippen LogP) is 5.79. The lowest BCUT2D eigenvalue weighted by atomic mass is 9.81. The topological polar surface area (TPSA) is 36.0 Å². The molecule has 0 radical (unpaired) electrons. The quantitative estimate of drug-likeness (QED) is 0.436. The molecule has 1 amide bonds. The van der Waals surface area contributed by atoms with Crippen molar-refractivity contribution in [3.05, 3.63) is 63.1 Å². The Kier molecular flexibility index (Phi) is 9.69. The molecule has 190 valence electrons. The number of hydrogen-bond acceptors (Lipinski definition) is 4. The van der Waals surface area contributed by atoms with Crippen LogP contribution in [0.15, 0.2) is 36.4 Å². The number of likely N-dealkylation sites (N-methyl/N-ethyl adjacent to an activating group) is 1. The van der Waals surface area contributed by atoms with Gasteiger partial charge < -0.3 is 14.5 Å². The van der Waals surface area contributed by atoms with E-state index in [1.807, 2.05) is 44.2 Å². The second-order valence-electron chi connectivity index (χ2n) is 9.31. The minimum absolute atomic E-state index is 0. The third-order valence-electron chi connectivity index (χ3n) is 6.86. The molecule has 2 aromatic rings. The molecule has 0 unspecified atom stereocenters. The normalized spacial score (nSPS) is 19.5. The molecule has 35 heavy (non-hydrogen) atoms. The van der Waals surface area contributed by atoms with E-state index in [1.165, 1.54) is 12.8 Å². The molecule has 5 nitrogen and oxygen atoms in total. The minimum atomic E-state index is -0.0615. The Balaban J connectivity index is 0.00000342. The van der Waals surface area contributed by atoms with Crippen molar-refractivity contribution in [1.29, 1.82) is 0 Å². The molecule has 0 N–H and O–H groups in total. The van der Waals surface area contributed by atoms with Gasteiger partial charge >= 0.3 is 0 Å². The van der Waals surface area contributed by atoms with Crippen LogP contribution in [-0.2, 0) is 17.6 Å². The minimum Gasteiger partial charge on any atom is -0.431 e. The molecule has 2 aromatic carbocycles. The molecule has 1 aliphatic heterocycles. The van der Waals surface area contributed by atoms with Crippen molar-refractivity contribution in [2.24, 2.45) is 0 Å². The summed E-state index contributed by atoms with van der Waals surface area (Å²) in [5.41, 5.74) is 3.14. The van der Waals surface area contributed by atoms with E-state index >= 15 is 0 Å². The van der Waals surface area contributed by atoms with Crippen molar-refractivity contribution in [3.8, 4) is 5.75 Å². The SMILES string of the molecule is CN(C)C(=S)Oc1cccc2c1CC[C@@H](N1CCCC1)[C@@H]2N(C)C(=O)Cc1ccc(Cl)c(Cl)c1.Cl. The summed E-state index contributed by atoms with van der Waals surface area (Å²) in [6.07, 6.45) is 4.55. The number of amides is 1.